The molecule has 6 rings (SSSR count). The van der Waals surface area contributed by atoms with E-state index in [0.717, 1.165) is 88.7 Å². The third-order valence-electron chi connectivity index (χ3n) is 11.9. The van der Waals surface area contributed by atoms with Crippen molar-refractivity contribution in [3.63, 3.8) is 0 Å². The van der Waals surface area contributed by atoms with Crippen LogP contribution in [0.3, 0.4) is 0 Å². The third-order valence-corrected chi connectivity index (χ3v) is 17.5. The molecule has 1 aromatic carbocycles. The summed E-state index contributed by atoms with van der Waals surface area (Å²) in [6.45, 7) is 18.7. The van der Waals surface area contributed by atoms with Gasteiger partial charge in [-0.1, -0.05) is 39.8 Å². The Hall–Kier alpha value is -1.97. The summed E-state index contributed by atoms with van der Waals surface area (Å²) in [4.78, 5) is 38.5. The molecule has 0 saturated carbocycles. The molecule has 5 aliphatic rings. The van der Waals surface area contributed by atoms with Gasteiger partial charge in [0.2, 0.25) is 5.91 Å². The van der Waals surface area contributed by atoms with Crippen LogP contribution in [0.25, 0.3) is 0 Å². The summed E-state index contributed by atoms with van der Waals surface area (Å²) in [5.74, 6) is -1.44. The van der Waals surface area contributed by atoms with Crippen LogP contribution < -0.4 is 28.0 Å². The molecule has 0 unspecified atom stereocenters. The second kappa shape index (κ2) is 15.5. The zero-order valence-corrected chi connectivity index (χ0v) is 32.9. The molecular weight excluding hydrogens is 763 g/mol. The molecule has 266 valence electrons. The average molecular weight is 815 g/mol. The minimum atomic E-state index is -1.93. The Kier molecular flexibility index (Phi) is 12.5. The van der Waals surface area contributed by atoms with E-state index in [-0.39, 0.29) is 60.5 Å². The number of carbonyl (C=O) groups excluding carboxylic acids is 3. The van der Waals surface area contributed by atoms with Crippen LogP contribution in [0, 0.1) is 15.4 Å². The standard InChI is InChI=1S/C35H51IN4O6Si.ClH/c1-6-47(7-2,8-3)46-25(5)31-32-24(4)27(33(35(43)44)38(32)34(31)42)10-9-21-45-29-12-11-26(22-28(29)36)13-14-39-15-18-40(19-16-39,20-17-39)23-30(37)41;/h9-12,22,24-25,31-32H,6-8,13-21,23H2,1-5H3,(H-2,37,41,43,44);1H/b10-9+;/t24-,25+,31+,32+,39?,40?;/m0./s1. The maximum atomic E-state index is 13.3. The van der Waals surface area contributed by atoms with Crippen molar-refractivity contribution < 1.29 is 50.0 Å². The number of hydrogen-bond donors (Lipinski definition) is 1. The predicted molar refractivity (Wildman–Crippen MR) is 189 cm³/mol. The van der Waals surface area contributed by atoms with Crippen LogP contribution in [-0.4, -0.2) is 111 Å². The number of primary amides is 1. The molecule has 10 nitrogen and oxygen atoms in total. The number of fused-ring (bicyclic) bond motifs is 4. The van der Waals surface area contributed by atoms with Crippen molar-refractivity contribution >= 4 is 48.7 Å². The van der Waals surface area contributed by atoms with Gasteiger partial charge in [0, 0.05) is 12.3 Å². The number of ether oxygens (including phenoxy) is 1. The van der Waals surface area contributed by atoms with Crippen LogP contribution in [-0.2, 0) is 25.2 Å². The van der Waals surface area contributed by atoms with Gasteiger partial charge in [0.1, 0.15) is 51.6 Å². The number of carboxylic acid groups (broad SMARTS) is 1. The summed E-state index contributed by atoms with van der Waals surface area (Å²) in [6.07, 6.45) is 4.35. The number of allylic oxidation sites excluding steroid dienone is 1. The lowest BCUT2D eigenvalue weighted by Crippen LogP contribution is -3.00. The molecular formula is C35H52ClIN4O6Si. The number of halogens is 2. The fourth-order valence-electron chi connectivity index (χ4n) is 8.60. The summed E-state index contributed by atoms with van der Waals surface area (Å²) in [6, 6.07) is 9.07. The number of rotatable bonds is 16. The molecule has 13 heteroatoms. The average Bonchev–Trinajstić information content (AvgIpc) is 3.30. The zero-order valence-electron chi connectivity index (χ0n) is 29.0. The monoisotopic (exact) mass is 814 g/mol. The van der Waals surface area contributed by atoms with E-state index in [1.165, 1.54) is 10.5 Å². The Balaban J connectivity index is 0.00000520. The summed E-state index contributed by atoms with van der Waals surface area (Å²) < 4.78 is 15.7. The number of carbonyl (C=O) groups is 3. The third kappa shape index (κ3) is 7.53. The molecule has 1 aromatic rings. The van der Waals surface area contributed by atoms with Crippen molar-refractivity contribution in [1.82, 2.24) is 4.90 Å². The van der Waals surface area contributed by atoms with Gasteiger partial charge in [-0.2, -0.15) is 0 Å². The molecule has 0 aromatic heterocycles. The highest BCUT2D eigenvalue weighted by Crippen LogP contribution is 2.48. The van der Waals surface area contributed by atoms with Crippen LogP contribution in [0.1, 0.15) is 40.2 Å². The second-order valence-corrected chi connectivity index (χ2v) is 20.2. The van der Waals surface area contributed by atoms with Crippen LogP contribution in [0.5, 0.6) is 5.75 Å². The zero-order chi connectivity index (χ0) is 34.1. The van der Waals surface area contributed by atoms with Crippen LogP contribution in [0.15, 0.2) is 41.6 Å². The van der Waals surface area contributed by atoms with Crippen molar-refractivity contribution in [2.24, 2.45) is 17.6 Å². The molecule has 4 atom stereocenters. The van der Waals surface area contributed by atoms with Gasteiger partial charge < -0.3 is 51.1 Å². The lowest BCUT2D eigenvalue weighted by Gasteiger charge is -2.55. The van der Waals surface area contributed by atoms with Gasteiger partial charge in [0.05, 0.1) is 39.8 Å². The van der Waals surface area contributed by atoms with Crippen LogP contribution >= 0.6 is 22.6 Å². The summed E-state index contributed by atoms with van der Waals surface area (Å²) in [5.41, 5.74) is 7.38. The van der Waals surface area contributed by atoms with Crippen molar-refractivity contribution in [1.29, 1.82) is 0 Å². The molecule has 48 heavy (non-hydrogen) atoms. The lowest BCUT2D eigenvalue weighted by molar-refractivity contribution is -1.08. The van der Waals surface area contributed by atoms with Crippen molar-refractivity contribution in [3.05, 3.63) is 50.8 Å². The summed E-state index contributed by atoms with van der Waals surface area (Å²) >= 11 is 2.31. The van der Waals surface area contributed by atoms with Gasteiger partial charge in [-0.3, -0.25) is 9.59 Å². The second-order valence-electron chi connectivity index (χ2n) is 14.3. The maximum Gasteiger partial charge on any atom is 0.272 e. The highest BCUT2D eigenvalue weighted by atomic mass is 127. The summed E-state index contributed by atoms with van der Waals surface area (Å²) in [5, 5.41) is 12.2. The molecule has 2 amide bonds. The molecule has 0 radical (unpaired) electrons. The molecule has 0 aliphatic carbocycles. The van der Waals surface area contributed by atoms with Gasteiger partial charge in [-0.15, -0.1) is 0 Å². The smallest absolute Gasteiger partial charge is 0.272 e. The number of amides is 2. The van der Waals surface area contributed by atoms with E-state index < -0.39 is 14.3 Å². The molecule has 5 aliphatic heterocycles. The van der Waals surface area contributed by atoms with Gasteiger partial charge in [-0.25, -0.2) is 0 Å². The molecule has 2 bridgehead atoms. The van der Waals surface area contributed by atoms with E-state index >= 15 is 0 Å². The van der Waals surface area contributed by atoms with E-state index in [1.807, 2.05) is 26.0 Å². The van der Waals surface area contributed by atoms with Gasteiger partial charge in [-0.05, 0) is 77.0 Å². The number of nitrogens with zero attached hydrogens (tertiary/aromatic N) is 3. The molecule has 4 saturated heterocycles. The topological polar surface area (TPSA) is 122 Å². The summed E-state index contributed by atoms with van der Waals surface area (Å²) in [7, 11) is -1.93. The Morgan fingerprint density at radius 2 is 1.71 bits per heavy atom. The van der Waals surface area contributed by atoms with Crippen molar-refractivity contribution in [2.75, 3.05) is 59.0 Å². The van der Waals surface area contributed by atoms with E-state index in [9.17, 15) is 19.5 Å². The number of aliphatic carboxylic acids is 1. The fraction of sp³-hybridized carbons (Fsp3) is 0.629. The number of nitrogens with two attached hydrogens (primary N) is 1. The molecule has 5 heterocycles. The molecule has 4 fully saturated rings. The minimum Gasteiger partial charge on any atom is -1.00 e. The number of piperazine rings is 3. The predicted octanol–water partition coefficient (Wildman–Crippen LogP) is -0.190. The SMILES string of the molecule is CC[Si](CC)(CC)O[C@H](C)[C@H]1C(=O)N2C(C(=O)[O-])=C(/C=C/COc3ccc(CC[N+]45CC[N+](CC(N)=O)(CC4)CC5)cc3I)[C@H](C)[C@H]12.[Cl-]. The van der Waals surface area contributed by atoms with Crippen LogP contribution in [0.4, 0.5) is 0 Å². The lowest BCUT2D eigenvalue weighted by atomic mass is 9.77. The number of quaternary nitrogens is 2. The highest BCUT2D eigenvalue weighted by molar-refractivity contribution is 14.1. The largest absolute Gasteiger partial charge is 1.00 e. The first-order chi connectivity index (χ1) is 22.3. The van der Waals surface area contributed by atoms with E-state index in [0.29, 0.717) is 12.1 Å². The molecule has 0 spiro atoms. The van der Waals surface area contributed by atoms with Gasteiger partial charge in [0.25, 0.3) is 5.91 Å². The first-order valence-corrected chi connectivity index (χ1v) is 21.0. The number of β-lactam (4-membered cyclic amide) rings is 1. The molecule has 2 N–H and O–H groups in total. The van der Waals surface area contributed by atoms with Gasteiger partial charge in [0.15, 0.2) is 14.9 Å². The Morgan fingerprint density at radius 1 is 1.10 bits per heavy atom. The van der Waals surface area contributed by atoms with E-state index in [2.05, 4.69) is 55.5 Å². The fourth-order valence-corrected chi connectivity index (χ4v) is 12.3. The van der Waals surface area contributed by atoms with E-state index in [1.54, 1.807) is 6.08 Å². The Labute approximate surface area is 306 Å². The van der Waals surface area contributed by atoms with E-state index in [4.69, 9.17) is 14.9 Å². The van der Waals surface area contributed by atoms with Crippen LogP contribution in [0.2, 0.25) is 18.1 Å². The number of hydrogen-bond acceptors (Lipinski definition) is 6. The maximum absolute atomic E-state index is 13.3. The van der Waals surface area contributed by atoms with Crippen molar-refractivity contribution in [3.8, 4) is 5.75 Å². The van der Waals surface area contributed by atoms with Crippen molar-refractivity contribution in [2.45, 2.75) is 71.3 Å². The van der Waals surface area contributed by atoms with Gasteiger partial charge >= 0.3 is 0 Å². The highest BCUT2D eigenvalue weighted by Gasteiger charge is 2.59. The Bertz CT molecular complexity index is 1420. The Morgan fingerprint density at radius 3 is 2.25 bits per heavy atom. The first-order valence-electron chi connectivity index (χ1n) is 17.4. The first kappa shape index (κ1) is 38.8. The number of carboxylic acids is 1. The normalized spacial score (nSPS) is 28.7. The number of benzene rings is 1. The minimum absolute atomic E-state index is 0. The quantitative estimate of drug-likeness (QED) is 0.107.